The zero-order chi connectivity index (χ0) is 17.0. The molecule has 1 N–H and O–H groups in total. The first kappa shape index (κ1) is 17.2. The van der Waals surface area contributed by atoms with E-state index >= 15 is 0 Å². The predicted octanol–water partition coefficient (Wildman–Crippen LogP) is 1.21. The number of aromatic nitrogens is 4. The van der Waals surface area contributed by atoms with Crippen LogP contribution in [-0.2, 0) is 30.0 Å². The van der Waals surface area contributed by atoms with Gasteiger partial charge in [0.2, 0.25) is 5.91 Å². The van der Waals surface area contributed by atoms with Crippen molar-refractivity contribution < 1.29 is 9.53 Å². The maximum atomic E-state index is 12.3. The average Bonchev–Trinajstić information content (AvgIpc) is 3.01. The van der Waals surface area contributed by atoms with Crippen LogP contribution in [0.25, 0.3) is 0 Å². The number of carbonyl (C=O) groups excluding carboxylic acids is 1. The molecule has 0 aliphatic heterocycles. The van der Waals surface area contributed by atoms with Gasteiger partial charge in [0.1, 0.15) is 0 Å². The Balaban J connectivity index is 1.98. The molecule has 1 amide bonds. The summed E-state index contributed by atoms with van der Waals surface area (Å²) in [7, 11) is 5.40. The summed E-state index contributed by atoms with van der Waals surface area (Å²) >= 11 is 0. The van der Waals surface area contributed by atoms with Crippen molar-refractivity contribution in [2.24, 2.45) is 14.1 Å². The summed E-state index contributed by atoms with van der Waals surface area (Å²) in [5.74, 6) is -0.00379. The Hall–Kier alpha value is -2.15. The second kappa shape index (κ2) is 7.41. The van der Waals surface area contributed by atoms with Gasteiger partial charge in [0, 0.05) is 39.5 Å². The molecular formula is C16H25N5O2. The smallest absolute Gasteiger partial charge is 0.220 e. The molecule has 0 saturated carbocycles. The molecule has 0 aromatic carbocycles. The number of nitrogens with one attached hydrogen (secondary N) is 1. The van der Waals surface area contributed by atoms with E-state index in [0.29, 0.717) is 19.4 Å². The number of nitrogens with zero attached hydrogens (tertiary/aromatic N) is 4. The van der Waals surface area contributed by atoms with Gasteiger partial charge >= 0.3 is 0 Å². The lowest BCUT2D eigenvalue weighted by Crippen LogP contribution is -2.32. The Labute approximate surface area is 136 Å². The Morgan fingerprint density at radius 3 is 2.61 bits per heavy atom. The number of carbonyl (C=O) groups is 1. The van der Waals surface area contributed by atoms with Crippen molar-refractivity contribution in [3.8, 4) is 0 Å². The molecule has 7 nitrogen and oxygen atoms in total. The van der Waals surface area contributed by atoms with E-state index in [1.165, 1.54) is 0 Å². The molecule has 0 aliphatic rings. The monoisotopic (exact) mass is 319 g/mol. The van der Waals surface area contributed by atoms with E-state index in [4.69, 9.17) is 4.74 Å². The molecule has 2 aromatic heterocycles. The molecule has 0 aliphatic carbocycles. The van der Waals surface area contributed by atoms with E-state index in [2.05, 4.69) is 15.5 Å². The first-order valence-corrected chi connectivity index (χ1v) is 7.69. The highest BCUT2D eigenvalue weighted by Crippen LogP contribution is 2.15. The topological polar surface area (TPSA) is 74.0 Å². The van der Waals surface area contributed by atoms with Crippen molar-refractivity contribution in [2.75, 3.05) is 13.7 Å². The molecule has 2 heterocycles. The maximum Gasteiger partial charge on any atom is 0.220 e. The Morgan fingerprint density at radius 2 is 2.09 bits per heavy atom. The van der Waals surface area contributed by atoms with Crippen molar-refractivity contribution in [2.45, 2.75) is 32.7 Å². The van der Waals surface area contributed by atoms with Crippen molar-refractivity contribution in [1.82, 2.24) is 24.9 Å². The van der Waals surface area contributed by atoms with Crippen LogP contribution in [0.5, 0.6) is 0 Å². The summed E-state index contributed by atoms with van der Waals surface area (Å²) in [4.78, 5) is 12.3. The highest BCUT2D eigenvalue weighted by molar-refractivity contribution is 5.76. The van der Waals surface area contributed by atoms with Crippen molar-refractivity contribution in [3.05, 3.63) is 34.9 Å². The number of ether oxygens (including phenoxy) is 1. The molecule has 7 heteroatoms. The quantitative estimate of drug-likeness (QED) is 0.832. The number of hydrogen-bond donors (Lipinski definition) is 1. The Morgan fingerprint density at radius 1 is 1.35 bits per heavy atom. The van der Waals surface area contributed by atoms with E-state index in [-0.39, 0.29) is 11.9 Å². The molecule has 23 heavy (non-hydrogen) atoms. The third-order valence-corrected chi connectivity index (χ3v) is 4.15. The first-order valence-electron chi connectivity index (χ1n) is 7.69. The zero-order valence-electron chi connectivity index (χ0n) is 14.5. The van der Waals surface area contributed by atoms with Crippen LogP contribution >= 0.6 is 0 Å². The largest absolute Gasteiger partial charge is 0.382 e. The van der Waals surface area contributed by atoms with Gasteiger partial charge in [-0.2, -0.15) is 10.2 Å². The predicted molar refractivity (Wildman–Crippen MR) is 87.0 cm³/mol. The van der Waals surface area contributed by atoms with Crippen LogP contribution in [0.15, 0.2) is 12.3 Å². The summed E-state index contributed by atoms with van der Waals surface area (Å²) in [6, 6.07) is 1.69. The fraction of sp³-hybridized carbons (Fsp3) is 0.562. The molecule has 0 bridgehead atoms. The van der Waals surface area contributed by atoms with Gasteiger partial charge in [-0.25, -0.2) is 0 Å². The average molecular weight is 319 g/mol. The summed E-state index contributed by atoms with van der Waals surface area (Å²) in [6.45, 7) is 4.41. The number of hydrogen-bond acceptors (Lipinski definition) is 4. The van der Waals surface area contributed by atoms with Crippen LogP contribution in [0, 0.1) is 13.8 Å². The minimum Gasteiger partial charge on any atom is -0.382 e. The number of methoxy groups -OCH3 is 1. The minimum absolute atomic E-state index is 0.00379. The standard InChI is InChI=1S/C16H25N5O2/c1-11-13(12(2)20(3)19-11)6-7-16(22)18-14(10-23-5)15-8-9-17-21(15)4/h8-9,14H,6-7,10H2,1-5H3,(H,18,22)/t14-/m0/s1. The van der Waals surface area contributed by atoms with Crippen LogP contribution in [0.3, 0.4) is 0 Å². The normalized spacial score (nSPS) is 12.4. The van der Waals surface area contributed by atoms with Crippen molar-refractivity contribution in [1.29, 1.82) is 0 Å². The summed E-state index contributed by atoms with van der Waals surface area (Å²) < 4.78 is 8.82. The molecule has 0 fully saturated rings. The van der Waals surface area contributed by atoms with Gasteiger partial charge < -0.3 is 10.1 Å². The maximum absolute atomic E-state index is 12.3. The molecule has 0 saturated heterocycles. The summed E-state index contributed by atoms with van der Waals surface area (Å²) in [5, 5.41) is 11.6. The van der Waals surface area contributed by atoms with Gasteiger partial charge in [-0.1, -0.05) is 0 Å². The first-order chi connectivity index (χ1) is 10.9. The minimum atomic E-state index is -0.198. The van der Waals surface area contributed by atoms with Gasteiger partial charge in [0.15, 0.2) is 0 Å². The van der Waals surface area contributed by atoms with E-state index in [0.717, 1.165) is 22.6 Å². The Bertz CT molecular complexity index is 674. The number of aryl methyl sites for hydroxylation is 3. The second-order valence-corrected chi connectivity index (χ2v) is 5.73. The lowest BCUT2D eigenvalue weighted by Gasteiger charge is -2.18. The molecule has 1 atom stereocenters. The van der Waals surface area contributed by atoms with Gasteiger partial charge in [0.25, 0.3) is 0 Å². The summed E-state index contributed by atoms with van der Waals surface area (Å²) in [5.41, 5.74) is 4.16. The van der Waals surface area contributed by atoms with Gasteiger partial charge in [-0.3, -0.25) is 14.2 Å². The molecular weight excluding hydrogens is 294 g/mol. The Kier molecular flexibility index (Phi) is 5.54. The lowest BCUT2D eigenvalue weighted by atomic mass is 10.1. The van der Waals surface area contributed by atoms with E-state index < -0.39 is 0 Å². The van der Waals surface area contributed by atoms with Crippen LogP contribution < -0.4 is 5.32 Å². The molecule has 2 aromatic rings. The van der Waals surface area contributed by atoms with Crippen LogP contribution in [0.1, 0.15) is 35.1 Å². The summed E-state index contributed by atoms with van der Waals surface area (Å²) in [6.07, 6.45) is 2.82. The van der Waals surface area contributed by atoms with Gasteiger partial charge in [-0.05, 0) is 31.9 Å². The van der Waals surface area contributed by atoms with Crippen LogP contribution in [0.4, 0.5) is 0 Å². The fourth-order valence-corrected chi connectivity index (χ4v) is 2.78. The highest BCUT2D eigenvalue weighted by Gasteiger charge is 2.18. The van der Waals surface area contributed by atoms with E-state index in [1.54, 1.807) is 18.0 Å². The van der Waals surface area contributed by atoms with Gasteiger partial charge in [-0.15, -0.1) is 0 Å². The third kappa shape index (κ3) is 3.98. The molecule has 0 unspecified atom stereocenters. The van der Waals surface area contributed by atoms with E-state index in [1.807, 2.05) is 38.7 Å². The second-order valence-electron chi connectivity index (χ2n) is 5.73. The van der Waals surface area contributed by atoms with E-state index in [9.17, 15) is 4.79 Å². The fourth-order valence-electron chi connectivity index (χ4n) is 2.78. The number of amides is 1. The van der Waals surface area contributed by atoms with Crippen molar-refractivity contribution in [3.63, 3.8) is 0 Å². The van der Waals surface area contributed by atoms with Crippen molar-refractivity contribution >= 4 is 5.91 Å². The zero-order valence-corrected chi connectivity index (χ0v) is 14.5. The molecule has 0 spiro atoms. The molecule has 0 radical (unpaired) electrons. The highest BCUT2D eigenvalue weighted by atomic mass is 16.5. The third-order valence-electron chi connectivity index (χ3n) is 4.15. The van der Waals surface area contributed by atoms with Crippen LogP contribution in [0.2, 0.25) is 0 Å². The lowest BCUT2D eigenvalue weighted by molar-refractivity contribution is -0.122. The van der Waals surface area contributed by atoms with Gasteiger partial charge in [0.05, 0.1) is 24.0 Å². The number of rotatable bonds is 7. The van der Waals surface area contributed by atoms with Crippen LogP contribution in [-0.4, -0.2) is 39.2 Å². The molecule has 2 rings (SSSR count). The molecule has 126 valence electrons. The SMILES string of the molecule is COC[C@H](NC(=O)CCc1c(C)nn(C)c1C)c1ccnn1C.